The van der Waals surface area contributed by atoms with Crippen LogP contribution in [-0.2, 0) is 6.42 Å². The molecule has 0 saturated heterocycles. The van der Waals surface area contributed by atoms with Crippen molar-refractivity contribution >= 4 is 17.5 Å². The smallest absolute Gasteiger partial charge is 0.338 e. The first-order chi connectivity index (χ1) is 13.0. The Morgan fingerprint density at radius 3 is 2.78 bits per heavy atom. The van der Waals surface area contributed by atoms with Crippen LogP contribution >= 0.6 is 0 Å². The molecule has 7 nitrogen and oxygen atoms in total. The van der Waals surface area contributed by atoms with Crippen molar-refractivity contribution in [2.45, 2.75) is 31.2 Å². The van der Waals surface area contributed by atoms with Crippen molar-refractivity contribution in [1.82, 2.24) is 19.9 Å². The van der Waals surface area contributed by atoms with Crippen LogP contribution in [0.3, 0.4) is 0 Å². The number of carboxylic acids is 1. The number of aromatic carboxylic acids is 1. The van der Waals surface area contributed by atoms with Gasteiger partial charge in [0.05, 0.1) is 11.8 Å². The molecule has 1 fully saturated rings. The van der Waals surface area contributed by atoms with Gasteiger partial charge in [0.1, 0.15) is 11.4 Å². The molecule has 1 aliphatic carbocycles. The van der Waals surface area contributed by atoms with Crippen LogP contribution < -0.4 is 5.32 Å². The van der Waals surface area contributed by atoms with Gasteiger partial charge in [-0.3, -0.25) is 4.79 Å². The first-order valence-corrected chi connectivity index (χ1v) is 8.59. The lowest BCUT2D eigenvalue weighted by Crippen LogP contribution is -2.55. The maximum Gasteiger partial charge on any atom is 0.338 e. The molecular formula is C19H17FN4O3. The summed E-state index contributed by atoms with van der Waals surface area (Å²) in [5.74, 6) is -1.74. The Kier molecular flexibility index (Phi) is 4.10. The molecule has 2 aromatic heterocycles. The van der Waals surface area contributed by atoms with E-state index in [1.807, 2.05) is 6.07 Å². The van der Waals surface area contributed by atoms with Crippen LogP contribution in [0.5, 0.6) is 0 Å². The van der Waals surface area contributed by atoms with Gasteiger partial charge in [-0.1, -0.05) is 12.1 Å². The third-order valence-electron chi connectivity index (χ3n) is 4.97. The van der Waals surface area contributed by atoms with Crippen molar-refractivity contribution in [3.8, 4) is 0 Å². The van der Waals surface area contributed by atoms with E-state index in [0.29, 0.717) is 6.42 Å². The van der Waals surface area contributed by atoms with Gasteiger partial charge in [0.2, 0.25) is 0 Å². The van der Waals surface area contributed by atoms with Crippen LogP contribution in [0.25, 0.3) is 5.65 Å². The molecule has 4 rings (SSSR count). The Morgan fingerprint density at radius 1 is 1.30 bits per heavy atom. The molecule has 3 aromatic rings. The van der Waals surface area contributed by atoms with E-state index in [1.54, 1.807) is 6.07 Å². The van der Waals surface area contributed by atoms with Gasteiger partial charge < -0.3 is 10.4 Å². The van der Waals surface area contributed by atoms with Gasteiger partial charge in [0.25, 0.3) is 5.91 Å². The first-order valence-electron chi connectivity index (χ1n) is 8.59. The molecule has 0 bridgehead atoms. The normalized spacial score (nSPS) is 15.3. The lowest BCUT2D eigenvalue weighted by atomic mass is 9.72. The lowest BCUT2D eigenvalue weighted by molar-refractivity contribution is 0.0695. The molecule has 1 amide bonds. The van der Waals surface area contributed by atoms with Gasteiger partial charge in [-0.25, -0.2) is 18.7 Å². The Morgan fingerprint density at radius 2 is 2.11 bits per heavy atom. The number of nitrogens with one attached hydrogen (secondary N) is 1. The molecule has 0 aliphatic heterocycles. The molecule has 138 valence electrons. The number of carbonyl (C=O) groups is 2. The van der Waals surface area contributed by atoms with Gasteiger partial charge in [-0.05, 0) is 43.4 Å². The minimum atomic E-state index is -1.12. The third kappa shape index (κ3) is 3.25. The number of benzene rings is 1. The molecule has 0 radical (unpaired) electrons. The van der Waals surface area contributed by atoms with E-state index >= 15 is 0 Å². The zero-order valence-corrected chi connectivity index (χ0v) is 14.4. The summed E-state index contributed by atoms with van der Waals surface area (Å²) >= 11 is 0. The highest BCUT2D eigenvalue weighted by Gasteiger charge is 2.39. The highest BCUT2D eigenvalue weighted by Crippen LogP contribution is 2.35. The third-order valence-corrected chi connectivity index (χ3v) is 4.97. The van der Waals surface area contributed by atoms with Gasteiger partial charge in [-0.2, -0.15) is 5.10 Å². The van der Waals surface area contributed by atoms with E-state index in [2.05, 4.69) is 15.4 Å². The highest BCUT2D eigenvalue weighted by atomic mass is 19.1. The number of amides is 1. The number of hydrogen-bond donors (Lipinski definition) is 2. The van der Waals surface area contributed by atoms with E-state index in [0.717, 1.165) is 24.8 Å². The first kappa shape index (κ1) is 17.1. The monoisotopic (exact) mass is 368 g/mol. The molecule has 0 unspecified atom stereocenters. The second-order valence-corrected chi connectivity index (χ2v) is 6.87. The average molecular weight is 368 g/mol. The summed E-state index contributed by atoms with van der Waals surface area (Å²) in [6.45, 7) is 0. The van der Waals surface area contributed by atoms with Crippen LogP contribution in [0.15, 0.2) is 42.9 Å². The van der Waals surface area contributed by atoms with Crippen molar-refractivity contribution in [3.05, 3.63) is 65.4 Å². The summed E-state index contributed by atoms with van der Waals surface area (Å²) in [6, 6.07) is 6.38. The van der Waals surface area contributed by atoms with E-state index in [9.17, 15) is 14.0 Å². The van der Waals surface area contributed by atoms with Crippen LogP contribution in [0.2, 0.25) is 0 Å². The van der Waals surface area contributed by atoms with Crippen molar-refractivity contribution in [2.75, 3.05) is 0 Å². The van der Waals surface area contributed by atoms with Crippen molar-refractivity contribution in [3.63, 3.8) is 0 Å². The molecule has 1 aromatic carbocycles. The Hall–Kier alpha value is -3.29. The molecule has 0 spiro atoms. The molecule has 27 heavy (non-hydrogen) atoms. The van der Waals surface area contributed by atoms with Crippen LogP contribution in [-0.4, -0.2) is 37.1 Å². The molecule has 1 saturated carbocycles. The minimum absolute atomic E-state index is 0.0147. The van der Waals surface area contributed by atoms with Crippen LogP contribution in [0.4, 0.5) is 4.39 Å². The fourth-order valence-electron chi connectivity index (χ4n) is 3.44. The van der Waals surface area contributed by atoms with Gasteiger partial charge in [0, 0.05) is 17.9 Å². The summed E-state index contributed by atoms with van der Waals surface area (Å²) in [5, 5.41) is 16.1. The largest absolute Gasteiger partial charge is 0.478 e. The van der Waals surface area contributed by atoms with Gasteiger partial charge in [-0.15, -0.1) is 0 Å². The van der Waals surface area contributed by atoms with Gasteiger partial charge in [0.15, 0.2) is 5.65 Å². The van der Waals surface area contributed by atoms with Crippen molar-refractivity contribution < 1.29 is 19.1 Å². The average Bonchev–Trinajstić information content (AvgIpc) is 3.03. The lowest BCUT2D eigenvalue weighted by Gasteiger charge is -2.42. The second kappa shape index (κ2) is 6.46. The summed E-state index contributed by atoms with van der Waals surface area (Å²) < 4.78 is 14.7. The van der Waals surface area contributed by atoms with Crippen LogP contribution in [0, 0.1) is 5.82 Å². The predicted octanol–water partition coefficient (Wildman–Crippen LogP) is 2.46. The molecule has 2 N–H and O–H groups in total. The number of halogens is 1. The molecule has 1 aliphatic rings. The standard InChI is InChI=1S/C19H17FN4O3/c20-14-4-1-3-12(7-14)8-19(5-2-6-19)23-17(25)15-10-22-24-11-13(18(26)27)9-21-16(15)24/h1,3-4,7,9-11H,2,5-6,8H2,(H,23,25)(H,26,27). The molecular weight excluding hydrogens is 351 g/mol. The highest BCUT2D eigenvalue weighted by molar-refractivity contribution is 6.00. The van der Waals surface area contributed by atoms with Gasteiger partial charge >= 0.3 is 5.97 Å². The van der Waals surface area contributed by atoms with E-state index in [-0.39, 0.29) is 28.5 Å². The number of carboxylic acid groups (broad SMARTS) is 1. The number of carbonyl (C=O) groups excluding carboxylic acids is 1. The Bertz CT molecular complexity index is 1040. The summed E-state index contributed by atoms with van der Waals surface area (Å²) in [7, 11) is 0. The number of hydrogen-bond acceptors (Lipinski definition) is 4. The number of nitrogens with zero attached hydrogens (tertiary/aromatic N) is 3. The maximum atomic E-state index is 13.5. The zero-order valence-electron chi connectivity index (χ0n) is 14.4. The van der Waals surface area contributed by atoms with Crippen molar-refractivity contribution in [1.29, 1.82) is 0 Å². The second-order valence-electron chi connectivity index (χ2n) is 6.87. The van der Waals surface area contributed by atoms with Crippen LogP contribution in [0.1, 0.15) is 45.5 Å². The topological polar surface area (TPSA) is 96.6 Å². The SMILES string of the molecule is O=C(O)c1cnc2c(C(=O)NC3(Cc4cccc(F)c4)CCC3)cnn2c1. The summed E-state index contributed by atoms with van der Waals surface area (Å²) in [6.07, 6.45) is 7.04. The fourth-order valence-corrected chi connectivity index (χ4v) is 3.44. The maximum absolute atomic E-state index is 13.5. The van der Waals surface area contributed by atoms with Crippen molar-refractivity contribution in [2.24, 2.45) is 0 Å². The molecule has 0 atom stereocenters. The summed E-state index contributed by atoms with van der Waals surface area (Å²) in [5.41, 5.74) is 0.966. The van der Waals surface area contributed by atoms with E-state index in [1.165, 1.54) is 35.2 Å². The number of aromatic nitrogens is 3. The van der Waals surface area contributed by atoms with E-state index < -0.39 is 11.5 Å². The Balaban J connectivity index is 1.57. The summed E-state index contributed by atoms with van der Waals surface area (Å²) in [4.78, 5) is 27.9. The Labute approximate surface area is 153 Å². The number of fused-ring (bicyclic) bond motifs is 1. The quantitative estimate of drug-likeness (QED) is 0.721. The fraction of sp³-hybridized carbons (Fsp3) is 0.263. The predicted molar refractivity (Wildman–Crippen MR) is 94.1 cm³/mol. The molecule has 8 heteroatoms. The molecule has 2 heterocycles. The van der Waals surface area contributed by atoms with E-state index in [4.69, 9.17) is 5.11 Å². The zero-order chi connectivity index (χ0) is 19.0. The minimum Gasteiger partial charge on any atom is -0.478 e. The number of rotatable bonds is 5.